The fourth-order valence-corrected chi connectivity index (χ4v) is 3.06. The van der Waals surface area contributed by atoms with Crippen LogP contribution in [0.2, 0.25) is 0 Å². The Kier molecular flexibility index (Phi) is 5.94. The van der Waals surface area contributed by atoms with Gasteiger partial charge >= 0.3 is 0 Å². The Hall–Kier alpha value is -2.62. The minimum absolute atomic E-state index is 0.112. The predicted octanol–water partition coefficient (Wildman–Crippen LogP) is 3.63. The molecule has 0 aliphatic rings. The van der Waals surface area contributed by atoms with Gasteiger partial charge in [-0.3, -0.25) is 4.79 Å². The van der Waals surface area contributed by atoms with E-state index < -0.39 is 0 Å². The molecule has 0 bridgehead atoms. The highest BCUT2D eigenvalue weighted by Crippen LogP contribution is 2.31. The minimum atomic E-state index is -0.112. The van der Waals surface area contributed by atoms with E-state index in [9.17, 15) is 4.79 Å². The second kappa shape index (κ2) is 8.38. The second-order valence-electron chi connectivity index (χ2n) is 5.74. The van der Waals surface area contributed by atoms with Crippen LogP contribution in [0.1, 0.15) is 16.2 Å². The Morgan fingerprint density at radius 1 is 1.11 bits per heavy atom. The van der Waals surface area contributed by atoms with Crippen molar-refractivity contribution in [2.24, 2.45) is 0 Å². The number of hydrogen-bond donors (Lipinski definition) is 0. The van der Waals surface area contributed by atoms with E-state index in [0.29, 0.717) is 34.4 Å². The number of hydrogen-bond acceptors (Lipinski definition) is 6. The molecule has 140 valence electrons. The molecule has 0 atom stereocenters. The monoisotopic (exact) mass is 479 g/mol. The molecule has 1 amide bonds. The highest BCUT2D eigenvalue weighted by atomic mass is 127. The molecule has 0 aliphatic heterocycles. The summed E-state index contributed by atoms with van der Waals surface area (Å²) in [5.74, 6) is 1.77. The number of carbonyl (C=O) groups is 1. The van der Waals surface area contributed by atoms with Crippen LogP contribution in [0.5, 0.6) is 11.5 Å². The molecule has 8 heteroatoms. The number of nitrogens with zero attached hydrogens (tertiary/aromatic N) is 3. The van der Waals surface area contributed by atoms with E-state index in [1.807, 2.05) is 18.2 Å². The number of carbonyl (C=O) groups excluding carboxylic acids is 1. The minimum Gasteiger partial charge on any atom is -0.493 e. The van der Waals surface area contributed by atoms with Crippen LogP contribution >= 0.6 is 22.6 Å². The quantitative estimate of drug-likeness (QED) is 0.503. The van der Waals surface area contributed by atoms with E-state index in [2.05, 4.69) is 32.8 Å². The smallest absolute Gasteiger partial charge is 0.254 e. The van der Waals surface area contributed by atoms with E-state index >= 15 is 0 Å². The zero-order valence-corrected chi connectivity index (χ0v) is 17.3. The van der Waals surface area contributed by atoms with Gasteiger partial charge in [-0.2, -0.15) is 0 Å². The van der Waals surface area contributed by atoms with Crippen LogP contribution < -0.4 is 9.47 Å². The molecule has 27 heavy (non-hydrogen) atoms. The molecule has 1 heterocycles. The maximum atomic E-state index is 12.5. The molecular formula is C19H18IN3O4. The Bertz CT molecular complexity index is 958. The molecule has 3 aromatic rings. The van der Waals surface area contributed by atoms with Crippen molar-refractivity contribution in [1.29, 1.82) is 0 Å². The highest BCUT2D eigenvalue weighted by molar-refractivity contribution is 14.1. The summed E-state index contributed by atoms with van der Waals surface area (Å²) in [6.07, 6.45) is 0. The first-order chi connectivity index (χ1) is 13.0. The Labute approximate surface area is 170 Å². The number of amides is 1. The third-order valence-electron chi connectivity index (χ3n) is 3.89. The third-order valence-corrected chi connectivity index (χ3v) is 4.56. The molecule has 0 radical (unpaired) electrons. The SMILES string of the molecule is COc1ccc(-c2nnc(CN(C)C(=O)c3cccc(I)c3)o2)cc1OC. The van der Waals surface area contributed by atoms with Gasteiger partial charge in [0.15, 0.2) is 11.5 Å². The lowest BCUT2D eigenvalue weighted by Gasteiger charge is -2.15. The maximum absolute atomic E-state index is 12.5. The lowest BCUT2D eigenvalue weighted by Crippen LogP contribution is -2.26. The van der Waals surface area contributed by atoms with E-state index in [1.165, 1.54) is 4.90 Å². The van der Waals surface area contributed by atoms with Crippen molar-refractivity contribution in [1.82, 2.24) is 15.1 Å². The molecule has 0 saturated heterocycles. The second-order valence-corrected chi connectivity index (χ2v) is 6.99. The van der Waals surface area contributed by atoms with Crippen LogP contribution in [0.4, 0.5) is 0 Å². The molecule has 0 saturated carbocycles. The fourth-order valence-electron chi connectivity index (χ4n) is 2.52. The van der Waals surface area contributed by atoms with Crippen LogP contribution in [-0.2, 0) is 6.54 Å². The average molecular weight is 479 g/mol. The molecule has 1 aromatic heterocycles. The summed E-state index contributed by atoms with van der Waals surface area (Å²) in [6.45, 7) is 0.213. The van der Waals surface area contributed by atoms with Gasteiger partial charge in [0.1, 0.15) is 0 Å². The van der Waals surface area contributed by atoms with E-state index in [0.717, 1.165) is 3.57 Å². The Morgan fingerprint density at radius 3 is 2.59 bits per heavy atom. The van der Waals surface area contributed by atoms with Gasteiger partial charge < -0.3 is 18.8 Å². The van der Waals surface area contributed by atoms with Gasteiger partial charge in [-0.05, 0) is 59.0 Å². The van der Waals surface area contributed by atoms with Crippen molar-refractivity contribution in [3.8, 4) is 23.0 Å². The van der Waals surface area contributed by atoms with Gasteiger partial charge in [0.25, 0.3) is 5.91 Å². The molecule has 0 aliphatic carbocycles. The standard InChI is InChI=1S/C19H18IN3O4/c1-23(19(24)13-5-4-6-14(20)9-13)11-17-21-22-18(27-17)12-7-8-15(25-2)16(10-12)26-3/h4-10H,11H2,1-3H3. The zero-order chi connectivity index (χ0) is 19.4. The summed E-state index contributed by atoms with van der Waals surface area (Å²) >= 11 is 2.18. The lowest BCUT2D eigenvalue weighted by atomic mass is 10.2. The van der Waals surface area contributed by atoms with Crippen LogP contribution in [0, 0.1) is 3.57 Å². The first-order valence-electron chi connectivity index (χ1n) is 8.07. The molecular weight excluding hydrogens is 461 g/mol. The van der Waals surface area contributed by atoms with Crippen LogP contribution in [0.15, 0.2) is 46.9 Å². The highest BCUT2D eigenvalue weighted by Gasteiger charge is 2.17. The maximum Gasteiger partial charge on any atom is 0.254 e. The molecule has 0 unspecified atom stereocenters. The van der Waals surface area contributed by atoms with E-state index in [-0.39, 0.29) is 12.5 Å². The molecule has 7 nitrogen and oxygen atoms in total. The van der Waals surface area contributed by atoms with Crippen LogP contribution in [0.3, 0.4) is 0 Å². The van der Waals surface area contributed by atoms with Crippen molar-refractivity contribution in [3.63, 3.8) is 0 Å². The van der Waals surface area contributed by atoms with Gasteiger partial charge in [-0.25, -0.2) is 0 Å². The zero-order valence-electron chi connectivity index (χ0n) is 15.1. The van der Waals surface area contributed by atoms with Crippen LogP contribution in [0.25, 0.3) is 11.5 Å². The summed E-state index contributed by atoms with van der Waals surface area (Å²) in [6, 6.07) is 12.7. The number of benzene rings is 2. The van der Waals surface area contributed by atoms with E-state index in [1.54, 1.807) is 45.5 Å². The molecule has 0 fully saturated rings. The van der Waals surface area contributed by atoms with Gasteiger partial charge in [0, 0.05) is 21.7 Å². The molecule has 0 N–H and O–H groups in total. The number of methoxy groups -OCH3 is 2. The third kappa shape index (κ3) is 4.38. The molecule has 2 aromatic carbocycles. The van der Waals surface area contributed by atoms with Crippen molar-refractivity contribution < 1.29 is 18.7 Å². The van der Waals surface area contributed by atoms with Gasteiger partial charge in [0.05, 0.1) is 20.8 Å². The largest absolute Gasteiger partial charge is 0.493 e. The Morgan fingerprint density at radius 2 is 1.89 bits per heavy atom. The van der Waals surface area contributed by atoms with Crippen LogP contribution in [-0.4, -0.2) is 42.3 Å². The molecule has 3 rings (SSSR count). The summed E-state index contributed by atoms with van der Waals surface area (Å²) in [5, 5.41) is 8.10. The number of rotatable bonds is 6. The number of halogens is 1. The number of ether oxygens (including phenoxy) is 2. The van der Waals surface area contributed by atoms with Crippen molar-refractivity contribution in [2.45, 2.75) is 6.54 Å². The van der Waals surface area contributed by atoms with Gasteiger partial charge in [-0.1, -0.05) is 6.07 Å². The summed E-state index contributed by atoms with van der Waals surface area (Å²) in [5.41, 5.74) is 1.32. The van der Waals surface area contributed by atoms with Gasteiger partial charge in [-0.15, -0.1) is 10.2 Å². The van der Waals surface area contributed by atoms with Gasteiger partial charge in [0.2, 0.25) is 11.8 Å². The van der Waals surface area contributed by atoms with E-state index in [4.69, 9.17) is 13.9 Å². The first kappa shape index (κ1) is 19.2. The average Bonchev–Trinajstić information content (AvgIpc) is 3.15. The number of aromatic nitrogens is 2. The lowest BCUT2D eigenvalue weighted by molar-refractivity contribution is 0.0773. The summed E-state index contributed by atoms with van der Waals surface area (Å²) in [7, 11) is 4.83. The molecule has 0 spiro atoms. The summed E-state index contributed by atoms with van der Waals surface area (Å²) in [4.78, 5) is 14.1. The summed E-state index contributed by atoms with van der Waals surface area (Å²) < 4.78 is 17.2. The topological polar surface area (TPSA) is 77.7 Å². The normalized spacial score (nSPS) is 10.5. The van der Waals surface area contributed by atoms with Crippen molar-refractivity contribution in [3.05, 3.63) is 57.5 Å². The first-order valence-corrected chi connectivity index (χ1v) is 9.15. The van der Waals surface area contributed by atoms with Crippen molar-refractivity contribution in [2.75, 3.05) is 21.3 Å². The van der Waals surface area contributed by atoms with Crippen molar-refractivity contribution >= 4 is 28.5 Å². The predicted molar refractivity (Wildman–Crippen MR) is 108 cm³/mol. The fraction of sp³-hybridized carbons (Fsp3) is 0.211. The Balaban J connectivity index is 1.75.